The third kappa shape index (κ3) is 11.4. The number of nitrogens with zero attached hydrogens (tertiary/aromatic N) is 7. The first-order chi connectivity index (χ1) is 26.4. The summed E-state index contributed by atoms with van der Waals surface area (Å²) in [5.74, 6) is -3.22. The van der Waals surface area contributed by atoms with Crippen molar-refractivity contribution in [3.63, 3.8) is 0 Å². The molecular weight excluding hydrogens is 773 g/mol. The van der Waals surface area contributed by atoms with Crippen LogP contribution in [0.2, 0.25) is 0 Å². The predicted octanol–water partition coefficient (Wildman–Crippen LogP) is 7.00. The zero-order valence-corrected chi connectivity index (χ0v) is 30.9. The van der Waals surface area contributed by atoms with Gasteiger partial charge in [0.25, 0.3) is 20.2 Å². The summed E-state index contributed by atoms with van der Waals surface area (Å²) in [6.45, 7) is 3.39. The zero-order chi connectivity index (χ0) is 40.6. The largest absolute Gasteiger partial charge is 0.478 e. The number of rotatable bonds is 16. The van der Waals surface area contributed by atoms with Crippen molar-refractivity contribution in [3.8, 4) is 0 Å². The van der Waals surface area contributed by atoms with Crippen LogP contribution < -0.4 is 16.0 Å². The maximum atomic E-state index is 11.5. The number of carboxylic acids is 2. The van der Waals surface area contributed by atoms with E-state index in [1.807, 2.05) is 6.92 Å². The van der Waals surface area contributed by atoms with Crippen molar-refractivity contribution in [1.29, 1.82) is 0 Å². The van der Waals surface area contributed by atoms with Crippen LogP contribution in [0.3, 0.4) is 0 Å². The molecule has 0 spiro atoms. The van der Waals surface area contributed by atoms with Gasteiger partial charge in [-0.1, -0.05) is 13.0 Å². The third-order valence-corrected chi connectivity index (χ3v) is 9.09. The number of anilines is 5. The van der Waals surface area contributed by atoms with Crippen molar-refractivity contribution in [2.75, 3.05) is 28.2 Å². The number of aromatic nitrogens is 3. The maximum Gasteiger partial charge on any atom is 0.335 e. The molecule has 0 amide bonds. The van der Waals surface area contributed by atoms with Crippen molar-refractivity contribution in [3.05, 3.63) is 101 Å². The molecular formula is C34H32N10O10S2. The van der Waals surface area contributed by atoms with Gasteiger partial charge in [-0.2, -0.15) is 52.2 Å². The summed E-state index contributed by atoms with van der Waals surface area (Å²) in [4.78, 5) is 35.6. The minimum atomic E-state index is -4.42. The number of nitrogens with one attached hydrogen (secondary N) is 3. The Morgan fingerprint density at radius 2 is 1.25 bits per heavy atom. The second-order valence-corrected chi connectivity index (χ2v) is 14.7. The Morgan fingerprint density at radius 1 is 0.679 bits per heavy atom. The number of benzene rings is 4. The molecule has 290 valence electrons. The van der Waals surface area contributed by atoms with Gasteiger partial charge in [0.1, 0.15) is 0 Å². The first kappa shape index (κ1) is 40.4. The number of carbonyl (C=O) groups is 2. The Kier molecular flexibility index (Phi) is 12.4. The van der Waals surface area contributed by atoms with Crippen LogP contribution in [0.5, 0.6) is 0 Å². The topological polar surface area (TPSA) is 308 Å². The number of hydrogen-bond donors (Lipinski definition) is 7. The molecule has 0 aliphatic carbocycles. The average Bonchev–Trinajstić information content (AvgIpc) is 3.13. The van der Waals surface area contributed by atoms with E-state index in [0.29, 0.717) is 34.7 Å². The van der Waals surface area contributed by atoms with Crippen LogP contribution in [0.1, 0.15) is 38.8 Å². The number of aromatic carboxylic acids is 2. The van der Waals surface area contributed by atoms with Crippen molar-refractivity contribution in [2.24, 2.45) is 20.5 Å². The van der Waals surface area contributed by atoms with E-state index in [9.17, 15) is 45.7 Å². The molecule has 0 saturated heterocycles. The van der Waals surface area contributed by atoms with Crippen LogP contribution in [0.15, 0.2) is 104 Å². The fourth-order valence-corrected chi connectivity index (χ4v) is 5.73. The van der Waals surface area contributed by atoms with Gasteiger partial charge in [-0.05, 0) is 97.3 Å². The maximum absolute atomic E-state index is 11.5. The van der Waals surface area contributed by atoms with Gasteiger partial charge < -0.3 is 26.2 Å². The van der Waals surface area contributed by atoms with Crippen LogP contribution in [-0.2, 0) is 26.7 Å². The smallest absolute Gasteiger partial charge is 0.335 e. The van der Waals surface area contributed by atoms with Gasteiger partial charge in [0.2, 0.25) is 17.8 Å². The minimum Gasteiger partial charge on any atom is -0.478 e. The molecule has 0 aliphatic rings. The Labute approximate surface area is 319 Å². The van der Waals surface area contributed by atoms with E-state index in [0.717, 1.165) is 11.6 Å². The van der Waals surface area contributed by atoms with Gasteiger partial charge in [0.15, 0.2) is 0 Å². The molecule has 0 unspecified atom stereocenters. The Balaban J connectivity index is 1.38. The normalized spacial score (nSPS) is 11.9. The van der Waals surface area contributed by atoms with E-state index in [4.69, 9.17) is 0 Å². The SMILES string of the molecule is CCc1cc(Nc2nc(NCCS(=O)(=O)O)nc(Nc3ccc(/N=N/c4cc(C(=O)O)cc(C(=O)O)c4)c(C)c3)n2)ccc1/N=N/c1cccc(S(=O)(=O)O)c1. The Morgan fingerprint density at radius 3 is 1.82 bits per heavy atom. The first-order valence-electron chi connectivity index (χ1n) is 16.2. The molecule has 0 radical (unpaired) electrons. The molecule has 7 N–H and O–H groups in total. The van der Waals surface area contributed by atoms with Crippen molar-refractivity contribution in [1.82, 2.24) is 15.0 Å². The zero-order valence-electron chi connectivity index (χ0n) is 29.3. The molecule has 0 aliphatic heterocycles. The van der Waals surface area contributed by atoms with Crippen LogP contribution in [0.25, 0.3) is 0 Å². The molecule has 0 fully saturated rings. The van der Waals surface area contributed by atoms with E-state index in [2.05, 4.69) is 51.4 Å². The Bertz CT molecular complexity index is 2570. The van der Waals surface area contributed by atoms with E-state index >= 15 is 0 Å². The molecule has 1 aromatic heterocycles. The van der Waals surface area contributed by atoms with Crippen LogP contribution in [-0.4, -0.2) is 75.3 Å². The monoisotopic (exact) mass is 804 g/mol. The van der Waals surface area contributed by atoms with Gasteiger partial charge in [-0.15, -0.1) is 0 Å². The summed E-state index contributed by atoms with van der Waals surface area (Å²) in [6, 6.07) is 18.8. The third-order valence-electron chi connectivity index (χ3n) is 7.52. The number of azo groups is 2. The highest BCUT2D eigenvalue weighted by atomic mass is 32.2. The lowest BCUT2D eigenvalue weighted by atomic mass is 10.1. The lowest BCUT2D eigenvalue weighted by Crippen LogP contribution is -2.17. The average molecular weight is 805 g/mol. The van der Waals surface area contributed by atoms with Gasteiger partial charge in [0.05, 0.1) is 44.5 Å². The number of carboxylic acid groups (broad SMARTS) is 2. The molecule has 0 saturated carbocycles. The highest BCUT2D eigenvalue weighted by Gasteiger charge is 2.14. The summed E-state index contributed by atoms with van der Waals surface area (Å²) in [7, 11) is -8.71. The molecule has 5 aromatic rings. The molecule has 56 heavy (non-hydrogen) atoms. The molecule has 22 heteroatoms. The molecule has 5 rings (SSSR count). The summed E-state index contributed by atoms with van der Waals surface area (Å²) in [5.41, 5.74) is 2.96. The fourth-order valence-electron chi connectivity index (χ4n) is 4.85. The highest BCUT2D eigenvalue weighted by Crippen LogP contribution is 2.30. The lowest BCUT2D eigenvalue weighted by Gasteiger charge is -2.13. The highest BCUT2D eigenvalue weighted by molar-refractivity contribution is 7.86. The quantitative estimate of drug-likeness (QED) is 0.0390. The molecule has 1 heterocycles. The van der Waals surface area contributed by atoms with E-state index in [1.54, 1.807) is 43.3 Å². The minimum absolute atomic E-state index is 0.0253. The predicted molar refractivity (Wildman–Crippen MR) is 203 cm³/mol. The van der Waals surface area contributed by atoms with E-state index in [1.165, 1.54) is 36.4 Å². The van der Waals surface area contributed by atoms with Crippen LogP contribution in [0.4, 0.5) is 52.0 Å². The van der Waals surface area contributed by atoms with Gasteiger partial charge in [-0.3, -0.25) is 9.11 Å². The molecule has 20 nitrogen and oxygen atoms in total. The van der Waals surface area contributed by atoms with E-state index < -0.39 is 37.9 Å². The summed E-state index contributed by atoms with van der Waals surface area (Å²) < 4.78 is 64.1. The lowest BCUT2D eigenvalue weighted by molar-refractivity contribution is 0.0696. The van der Waals surface area contributed by atoms with Crippen molar-refractivity contribution >= 4 is 84.1 Å². The van der Waals surface area contributed by atoms with Crippen molar-refractivity contribution < 1.29 is 45.7 Å². The summed E-state index contributed by atoms with van der Waals surface area (Å²) >= 11 is 0. The number of hydrogen-bond acceptors (Lipinski definition) is 16. The van der Waals surface area contributed by atoms with E-state index in [-0.39, 0.29) is 51.8 Å². The van der Waals surface area contributed by atoms with Gasteiger partial charge in [0, 0.05) is 17.9 Å². The molecule has 0 bridgehead atoms. The van der Waals surface area contributed by atoms with Crippen molar-refractivity contribution in [2.45, 2.75) is 25.2 Å². The van der Waals surface area contributed by atoms with Gasteiger partial charge in [-0.25, -0.2) is 9.59 Å². The summed E-state index contributed by atoms with van der Waals surface area (Å²) in [6.07, 6.45) is 0.522. The number of aryl methyl sites for hydroxylation is 2. The second-order valence-electron chi connectivity index (χ2n) is 11.7. The van der Waals surface area contributed by atoms with Crippen LogP contribution in [0, 0.1) is 6.92 Å². The molecule has 0 atom stereocenters. The molecule has 4 aromatic carbocycles. The second kappa shape index (κ2) is 17.2. The Hall–Kier alpha value is -6.75. The fraction of sp³-hybridized carbons (Fsp3) is 0.147. The summed E-state index contributed by atoms with van der Waals surface area (Å²) in [5, 5.41) is 44.0. The van der Waals surface area contributed by atoms with Crippen LogP contribution >= 0.6 is 0 Å². The van der Waals surface area contributed by atoms with Gasteiger partial charge >= 0.3 is 11.9 Å². The standard InChI is InChI=1S/C34H32N10O10S2/c1-3-20-15-24(8-10-29(20)44-41-25-5-4-6-27(18-25)56(52,53)54)37-34-39-32(35-11-12-55(49,50)51)38-33(40-34)36-23-7-9-28(19(2)13-23)43-42-26-16-21(30(45)46)14-22(17-26)31(47)48/h4-10,13-18H,3,11-12H2,1-2H3,(H,45,46)(H,47,48)(H,49,50,51)(H,52,53,54)(H3,35,36,37,38,39,40)/b43-42+,44-41+. The first-order valence-corrected chi connectivity index (χ1v) is 19.3.